The summed E-state index contributed by atoms with van der Waals surface area (Å²) in [6.45, 7) is 0. The summed E-state index contributed by atoms with van der Waals surface area (Å²) in [5, 5.41) is 9.38. The van der Waals surface area contributed by atoms with Gasteiger partial charge in [-0.1, -0.05) is 0 Å². The SMILES string of the molecule is Nc1cccn([C@H]2CC[C@H]2O)c1=O. The van der Waals surface area contributed by atoms with Crippen LogP contribution in [0.15, 0.2) is 23.1 Å². The third kappa shape index (κ3) is 1.23. The van der Waals surface area contributed by atoms with Crippen LogP contribution in [0, 0.1) is 0 Å². The Hall–Kier alpha value is -1.29. The summed E-state index contributed by atoms with van der Waals surface area (Å²) in [4.78, 5) is 11.5. The van der Waals surface area contributed by atoms with Gasteiger partial charge < -0.3 is 15.4 Å². The smallest absolute Gasteiger partial charge is 0.274 e. The minimum Gasteiger partial charge on any atom is -0.394 e. The lowest BCUT2D eigenvalue weighted by Gasteiger charge is -2.33. The van der Waals surface area contributed by atoms with Gasteiger partial charge in [-0.15, -0.1) is 0 Å². The van der Waals surface area contributed by atoms with Gasteiger partial charge in [0, 0.05) is 6.20 Å². The van der Waals surface area contributed by atoms with Crippen LogP contribution >= 0.6 is 0 Å². The first-order valence-electron chi connectivity index (χ1n) is 4.35. The molecule has 70 valence electrons. The van der Waals surface area contributed by atoms with Crippen LogP contribution in [0.4, 0.5) is 5.69 Å². The van der Waals surface area contributed by atoms with Gasteiger partial charge in [-0.25, -0.2) is 0 Å². The van der Waals surface area contributed by atoms with Crippen LogP contribution < -0.4 is 11.3 Å². The molecule has 1 saturated carbocycles. The van der Waals surface area contributed by atoms with Crippen LogP contribution in [0.1, 0.15) is 18.9 Å². The molecule has 2 atom stereocenters. The Balaban J connectivity index is 2.40. The third-order valence-corrected chi connectivity index (χ3v) is 2.56. The summed E-state index contributed by atoms with van der Waals surface area (Å²) in [5.41, 5.74) is 5.50. The van der Waals surface area contributed by atoms with E-state index in [9.17, 15) is 9.90 Å². The first-order valence-corrected chi connectivity index (χ1v) is 4.35. The average molecular weight is 180 g/mol. The van der Waals surface area contributed by atoms with Crippen LogP contribution in [-0.2, 0) is 0 Å². The van der Waals surface area contributed by atoms with Crippen LogP contribution in [0.2, 0.25) is 0 Å². The summed E-state index contributed by atoms with van der Waals surface area (Å²) < 4.78 is 1.52. The summed E-state index contributed by atoms with van der Waals surface area (Å²) in [6, 6.07) is 3.22. The van der Waals surface area contributed by atoms with Crippen molar-refractivity contribution in [3.8, 4) is 0 Å². The number of nitrogen functional groups attached to an aromatic ring is 1. The molecule has 0 unspecified atom stereocenters. The average Bonchev–Trinajstić information content (AvgIpc) is 2.10. The van der Waals surface area contributed by atoms with Crippen molar-refractivity contribution in [2.75, 3.05) is 5.73 Å². The van der Waals surface area contributed by atoms with Gasteiger partial charge in [0.1, 0.15) is 0 Å². The highest BCUT2D eigenvalue weighted by atomic mass is 16.3. The van der Waals surface area contributed by atoms with Gasteiger partial charge in [-0.2, -0.15) is 0 Å². The number of aliphatic hydroxyl groups is 1. The van der Waals surface area contributed by atoms with Crippen molar-refractivity contribution in [3.63, 3.8) is 0 Å². The normalized spacial score (nSPS) is 26.8. The van der Waals surface area contributed by atoms with Crippen LogP contribution in [0.25, 0.3) is 0 Å². The highest BCUT2D eigenvalue weighted by Crippen LogP contribution is 2.30. The van der Waals surface area contributed by atoms with Crippen LogP contribution in [-0.4, -0.2) is 15.8 Å². The van der Waals surface area contributed by atoms with E-state index in [4.69, 9.17) is 5.73 Å². The number of aliphatic hydroxyl groups excluding tert-OH is 1. The Kier molecular flexibility index (Phi) is 1.84. The molecule has 0 aromatic carbocycles. The van der Waals surface area contributed by atoms with Crippen molar-refractivity contribution >= 4 is 5.69 Å². The second kappa shape index (κ2) is 2.88. The molecule has 2 rings (SSSR count). The molecule has 0 bridgehead atoms. The predicted octanol–water partition coefficient (Wildman–Crippen LogP) is 0.126. The van der Waals surface area contributed by atoms with E-state index in [-0.39, 0.29) is 23.4 Å². The predicted molar refractivity (Wildman–Crippen MR) is 49.4 cm³/mol. The zero-order valence-corrected chi connectivity index (χ0v) is 7.18. The topological polar surface area (TPSA) is 68.2 Å². The number of nitrogens with two attached hydrogens (primary N) is 1. The van der Waals surface area contributed by atoms with E-state index >= 15 is 0 Å². The number of pyridine rings is 1. The lowest BCUT2D eigenvalue weighted by atomic mass is 9.89. The van der Waals surface area contributed by atoms with Crippen molar-refractivity contribution < 1.29 is 5.11 Å². The molecule has 3 N–H and O–H groups in total. The molecule has 0 amide bonds. The van der Waals surface area contributed by atoms with Gasteiger partial charge in [-0.05, 0) is 25.0 Å². The molecule has 1 aromatic heterocycles. The molecule has 0 saturated heterocycles. The molecule has 4 nitrogen and oxygen atoms in total. The molecule has 1 aliphatic rings. The minimum absolute atomic E-state index is 0.0731. The highest BCUT2D eigenvalue weighted by molar-refractivity contribution is 5.33. The fourth-order valence-corrected chi connectivity index (χ4v) is 1.58. The minimum atomic E-state index is -0.389. The quantitative estimate of drug-likeness (QED) is 0.645. The summed E-state index contributed by atoms with van der Waals surface area (Å²) in [7, 11) is 0. The number of anilines is 1. The molecule has 1 heterocycles. The van der Waals surface area contributed by atoms with Gasteiger partial charge in [0.15, 0.2) is 0 Å². The molecular formula is C9H12N2O2. The van der Waals surface area contributed by atoms with E-state index in [2.05, 4.69) is 0 Å². The number of nitrogens with zero attached hydrogens (tertiary/aromatic N) is 1. The van der Waals surface area contributed by atoms with Crippen molar-refractivity contribution in [1.29, 1.82) is 0 Å². The molecule has 0 spiro atoms. The van der Waals surface area contributed by atoms with Crippen LogP contribution in [0.3, 0.4) is 0 Å². The van der Waals surface area contributed by atoms with Gasteiger partial charge in [-0.3, -0.25) is 4.79 Å². The van der Waals surface area contributed by atoms with Gasteiger partial charge in [0.25, 0.3) is 5.56 Å². The van der Waals surface area contributed by atoms with E-state index < -0.39 is 0 Å². The molecule has 13 heavy (non-hydrogen) atoms. The van der Waals surface area contributed by atoms with Crippen molar-refractivity contribution in [3.05, 3.63) is 28.7 Å². The van der Waals surface area contributed by atoms with Crippen LogP contribution in [0.5, 0.6) is 0 Å². The van der Waals surface area contributed by atoms with E-state index in [1.165, 1.54) is 4.57 Å². The molecule has 0 radical (unpaired) electrons. The van der Waals surface area contributed by atoms with E-state index in [1.807, 2.05) is 0 Å². The summed E-state index contributed by atoms with van der Waals surface area (Å²) in [6.07, 6.45) is 2.90. The largest absolute Gasteiger partial charge is 0.394 e. The lowest BCUT2D eigenvalue weighted by molar-refractivity contribution is 0.0300. The van der Waals surface area contributed by atoms with E-state index in [0.29, 0.717) is 0 Å². The van der Waals surface area contributed by atoms with Gasteiger partial charge in [0.05, 0.1) is 17.8 Å². The Morgan fingerprint density at radius 2 is 2.31 bits per heavy atom. The van der Waals surface area contributed by atoms with Gasteiger partial charge in [0.2, 0.25) is 0 Å². The maximum absolute atomic E-state index is 11.5. The highest BCUT2D eigenvalue weighted by Gasteiger charge is 2.30. The summed E-state index contributed by atoms with van der Waals surface area (Å²) in [5.74, 6) is 0. The fourth-order valence-electron chi connectivity index (χ4n) is 1.58. The van der Waals surface area contributed by atoms with Gasteiger partial charge >= 0.3 is 0 Å². The molecule has 0 aliphatic heterocycles. The van der Waals surface area contributed by atoms with E-state index in [1.54, 1.807) is 18.3 Å². The maximum Gasteiger partial charge on any atom is 0.274 e. The second-order valence-electron chi connectivity index (χ2n) is 3.39. The first kappa shape index (κ1) is 8.31. The number of hydrogen-bond acceptors (Lipinski definition) is 3. The number of hydrogen-bond donors (Lipinski definition) is 2. The number of aromatic nitrogens is 1. The zero-order valence-electron chi connectivity index (χ0n) is 7.18. The number of rotatable bonds is 1. The lowest BCUT2D eigenvalue weighted by Crippen LogP contribution is -2.39. The van der Waals surface area contributed by atoms with Crippen molar-refractivity contribution in [1.82, 2.24) is 4.57 Å². The Labute approximate surface area is 75.6 Å². The summed E-state index contributed by atoms with van der Waals surface area (Å²) >= 11 is 0. The standard InChI is InChI=1S/C9H12N2O2/c10-6-2-1-5-11(9(6)13)7-3-4-8(7)12/h1-2,5,7-8,12H,3-4,10H2/t7-,8+/m0/s1. The maximum atomic E-state index is 11.5. The molecule has 1 fully saturated rings. The Morgan fingerprint density at radius 1 is 1.54 bits per heavy atom. The van der Waals surface area contributed by atoms with E-state index in [0.717, 1.165) is 12.8 Å². The van der Waals surface area contributed by atoms with Crippen molar-refractivity contribution in [2.45, 2.75) is 25.0 Å². The zero-order chi connectivity index (χ0) is 9.42. The second-order valence-corrected chi connectivity index (χ2v) is 3.39. The Morgan fingerprint density at radius 3 is 2.85 bits per heavy atom. The monoisotopic (exact) mass is 180 g/mol. The third-order valence-electron chi connectivity index (χ3n) is 2.56. The molecule has 1 aliphatic carbocycles. The Bertz CT molecular complexity index is 372. The molecular weight excluding hydrogens is 168 g/mol. The molecule has 1 aromatic rings. The first-order chi connectivity index (χ1) is 6.20. The molecule has 4 heteroatoms. The fraction of sp³-hybridized carbons (Fsp3) is 0.444. The van der Waals surface area contributed by atoms with Crippen molar-refractivity contribution in [2.24, 2.45) is 0 Å².